The number of hydrogen-bond donors (Lipinski definition) is 1. The van der Waals surface area contributed by atoms with Crippen molar-refractivity contribution in [3.8, 4) is 0 Å². The van der Waals surface area contributed by atoms with E-state index in [-0.39, 0.29) is 51.4 Å². The van der Waals surface area contributed by atoms with Crippen LogP contribution in [0.4, 0.5) is 19.2 Å². The number of imide groups is 2. The number of hydrogen-bond acceptors (Lipinski definition) is 8. The second kappa shape index (κ2) is 13.6. The third kappa shape index (κ3) is 29.1. The summed E-state index contributed by atoms with van der Waals surface area (Å²) in [6.07, 6.45) is -3.48. The topological polar surface area (TPSA) is 131 Å². The van der Waals surface area contributed by atoms with Gasteiger partial charge in [0.25, 0.3) is 0 Å². The fraction of sp³-hybridized carbons (Fsp3) is 0.800. The summed E-state index contributed by atoms with van der Waals surface area (Å²) in [4.78, 5) is 44.4. The molecule has 0 aliphatic carbocycles. The van der Waals surface area contributed by atoms with Crippen molar-refractivity contribution in [1.82, 2.24) is 5.32 Å². The molecule has 0 aliphatic heterocycles. The molecule has 0 radical (unpaired) electrons. The van der Waals surface area contributed by atoms with E-state index in [1.807, 2.05) is 5.32 Å². The van der Waals surface area contributed by atoms with E-state index in [1.54, 1.807) is 83.1 Å². The minimum absolute atomic E-state index is 0. The standard InChI is InChI=1S/2C10H19NO4.K/c2*1-9(2,3)14-7(12)11-8(13)15-10(4,5)6;/h2*1-6H3,(H,11,12,13);/q;;+1/p-1. The first-order valence-corrected chi connectivity index (χ1v) is 9.40. The van der Waals surface area contributed by atoms with E-state index >= 15 is 0 Å². The Bertz CT molecular complexity index is 503. The average molecular weight is 473 g/mol. The smallest absolute Gasteiger partial charge is 0.524 e. The molecule has 0 aromatic carbocycles. The summed E-state index contributed by atoms with van der Waals surface area (Å²) in [6.45, 7) is 20.4. The van der Waals surface area contributed by atoms with Gasteiger partial charge in [-0.1, -0.05) is 0 Å². The molecule has 10 nitrogen and oxygen atoms in total. The van der Waals surface area contributed by atoms with Crippen molar-refractivity contribution in [3.05, 3.63) is 5.32 Å². The number of rotatable bonds is 0. The summed E-state index contributed by atoms with van der Waals surface area (Å²) < 4.78 is 19.4. The summed E-state index contributed by atoms with van der Waals surface area (Å²) in [5.74, 6) is 0. The van der Waals surface area contributed by atoms with E-state index in [0.717, 1.165) is 0 Å². The summed E-state index contributed by atoms with van der Waals surface area (Å²) in [5.41, 5.74) is -2.59. The van der Waals surface area contributed by atoms with Gasteiger partial charge in [0.05, 0.1) is 0 Å². The Morgan fingerprint density at radius 2 is 0.742 bits per heavy atom. The van der Waals surface area contributed by atoms with Crippen molar-refractivity contribution >= 4 is 24.4 Å². The van der Waals surface area contributed by atoms with Crippen molar-refractivity contribution in [2.45, 2.75) is 105 Å². The van der Waals surface area contributed by atoms with E-state index in [9.17, 15) is 19.2 Å². The molecule has 0 fully saturated rings. The fourth-order valence-corrected chi connectivity index (χ4v) is 1.33. The van der Waals surface area contributed by atoms with Crippen LogP contribution >= 0.6 is 0 Å². The second-order valence-corrected chi connectivity index (χ2v) is 10.2. The van der Waals surface area contributed by atoms with Gasteiger partial charge < -0.3 is 24.3 Å². The summed E-state index contributed by atoms with van der Waals surface area (Å²) >= 11 is 0. The third-order valence-corrected chi connectivity index (χ3v) is 1.97. The van der Waals surface area contributed by atoms with E-state index in [1.165, 1.54) is 0 Å². The number of carbonyl (C=O) groups is 4. The summed E-state index contributed by atoms with van der Waals surface area (Å²) in [5, 5.41) is 5.10. The van der Waals surface area contributed by atoms with Gasteiger partial charge in [0.1, 0.15) is 22.4 Å². The zero-order valence-electron chi connectivity index (χ0n) is 21.2. The van der Waals surface area contributed by atoms with Gasteiger partial charge in [-0.05, 0) is 83.1 Å². The Morgan fingerprint density at radius 1 is 0.516 bits per heavy atom. The molecule has 0 atom stereocenters. The first-order chi connectivity index (χ1) is 13.0. The molecule has 1 N–H and O–H groups in total. The largest absolute Gasteiger partial charge is 1.00 e. The zero-order valence-corrected chi connectivity index (χ0v) is 24.3. The van der Waals surface area contributed by atoms with Gasteiger partial charge >= 0.3 is 63.6 Å². The maximum Gasteiger partial charge on any atom is 1.00 e. The van der Waals surface area contributed by atoms with Crippen LogP contribution < -0.4 is 56.7 Å². The Balaban J connectivity index is -0.000000490. The van der Waals surface area contributed by atoms with Crippen LogP contribution in [0, 0.1) is 0 Å². The Morgan fingerprint density at radius 3 is 0.935 bits per heavy atom. The molecule has 11 heteroatoms. The maximum absolute atomic E-state index is 11.1. The molecule has 176 valence electrons. The fourth-order valence-electron chi connectivity index (χ4n) is 1.33. The number of ether oxygens (including phenoxy) is 4. The van der Waals surface area contributed by atoms with Crippen LogP contribution in [0.1, 0.15) is 83.1 Å². The molecule has 0 saturated heterocycles. The van der Waals surface area contributed by atoms with Crippen molar-refractivity contribution in [1.29, 1.82) is 0 Å². The number of amides is 4. The molecule has 0 aromatic heterocycles. The second-order valence-electron chi connectivity index (χ2n) is 10.2. The predicted molar refractivity (Wildman–Crippen MR) is 111 cm³/mol. The van der Waals surface area contributed by atoms with Gasteiger partial charge in [0.15, 0.2) is 0 Å². The number of nitrogens with zero attached hydrogens (tertiary/aromatic N) is 1. The normalized spacial score (nSPS) is 11.5. The molecule has 0 rings (SSSR count). The molecular formula is C20H37KN2O8. The van der Waals surface area contributed by atoms with Gasteiger partial charge in [-0.15, -0.1) is 0 Å². The molecule has 0 bridgehead atoms. The van der Waals surface area contributed by atoms with Crippen LogP contribution in [0.25, 0.3) is 5.32 Å². The van der Waals surface area contributed by atoms with Crippen molar-refractivity contribution in [3.63, 3.8) is 0 Å². The van der Waals surface area contributed by atoms with Crippen LogP contribution in [0.2, 0.25) is 0 Å². The quantitative estimate of drug-likeness (QED) is 0.420. The monoisotopic (exact) mass is 472 g/mol. The maximum atomic E-state index is 11.1. The van der Waals surface area contributed by atoms with E-state index in [0.29, 0.717) is 0 Å². The van der Waals surface area contributed by atoms with Crippen molar-refractivity contribution < 1.29 is 89.5 Å². The minimum atomic E-state index is -0.934. The van der Waals surface area contributed by atoms with Gasteiger partial charge in [-0.2, -0.15) is 0 Å². The molecule has 4 amide bonds. The van der Waals surface area contributed by atoms with Crippen LogP contribution in [-0.2, 0) is 18.9 Å². The molecule has 0 spiro atoms. The SMILES string of the molecule is CC(C)(C)OC(=O)NC(=O)OC(C)(C)C.CC(C)(C)OC(=O)[N-]C(=O)OC(C)(C)C.[K+]. The molecule has 0 aliphatic rings. The van der Waals surface area contributed by atoms with Gasteiger partial charge in [0, 0.05) is 0 Å². The number of alkyl carbamates (subject to hydrolysis) is 2. The zero-order chi connectivity index (χ0) is 24.6. The van der Waals surface area contributed by atoms with Gasteiger partial charge in [-0.3, -0.25) is 9.59 Å². The number of nitrogens with one attached hydrogen (secondary N) is 1. The van der Waals surface area contributed by atoms with Crippen LogP contribution in [-0.4, -0.2) is 46.8 Å². The molecule has 0 aromatic rings. The van der Waals surface area contributed by atoms with Crippen molar-refractivity contribution in [2.24, 2.45) is 0 Å². The van der Waals surface area contributed by atoms with E-state index in [2.05, 4.69) is 5.32 Å². The van der Waals surface area contributed by atoms with E-state index in [4.69, 9.17) is 18.9 Å². The van der Waals surface area contributed by atoms with Crippen LogP contribution in [0.5, 0.6) is 0 Å². The van der Waals surface area contributed by atoms with Crippen molar-refractivity contribution in [2.75, 3.05) is 0 Å². The van der Waals surface area contributed by atoms with Gasteiger partial charge in [0.2, 0.25) is 12.2 Å². The number of carbonyl (C=O) groups excluding carboxylic acids is 4. The first-order valence-electron chi connectivity index (χ1n) is 9.40. The average Bonchev–Trinajstić information content (AvgIpc) is 2.27. The van der Waals surface area contributed by atoms with Crippen LogP contribution in [0.15, 0.2) is 0 Å². The molecule has 0 unspecified atom stereocenters. The molecule has 31 heavy (non-hydrogen) atoms. The predicted octanol–water partition coefficient (Wildman–Crippen LogP) is 2.68. The van der Waals surface area contributed by atoms with E-state index < -0.39 is 46.8 Å². The Labute approximate surface area is 228 Å². The van der Waals surface area contributed by atoms with Gasteiger partial charge in [-0.25, -0.2) is 14.9 Å². The first kappa shape index (κ1) is 34.7. The molecule has 0 heterocycles. The minimum Gasteiger partial charge on any atom is -0.524 e. The summed E-state index contributed by atoms with van der Waals surface area (Å²) in [6, 6.07) is 0. The third-order valence-electron chi connectivity index (χ3n) is 1.97. The Hall–Kier alpha value is -0.884. The molecule has 0 saturated carbocycles. The Kier molecular flexibility index (Phi) is 15.3. The van der Waals surface area contributed by atoms with Crippen LogP contribution in [0.3, 0.4) is 0 Å². The summed E-state index contributed by atoms with van der Waals surface area (Å²) in [7, 11) is 0. The molecular weight excluding hydrogens is 435 g/mol.